The number of likely N-dealkylation sites (tertiary alicyclic amines) is 1. The lowest BCUT2D eigenvalue weighted by Crippen LogP contribution is -2.33. The molecule has 2 atom stereocenters. The van der Waals surface area contributed by atoms with Crippen LogP contribution in [0.1, 0.15) is 17.7 Å². The first-order chi connectivity index (χ1) is 11.6. The molecule has 2 heterocycles. The molecule has 0 radical (unpaired) electrons. The quantitative estimate of drug-likeness (QED) is 0.813. The summed E-state index contributed by atoms with van der Waals surface area (Å²) in [6.45, 7) is 2.30. The van der Waals surface area contributed by atoms with Gasteiger partial charge < -0.3 is 14.9 Å². The van der Waals surface area contributed by atoms with Crippen molar-refractivity contribution >= 4 is 5.91 Å². The molecule has 1 amide bonds. The average molecular weight is 329 g/mol. The Hall–Kier alpha value is -2.25. The zero-order valence-corrected chi connectivity index (χ0v) is 13.8. The third kappa shape index (κ3) is 4.18. The molecule has 0 aliphatic carbocycles. The van der Waals surface area contributed by atoms with Gasteiger partial charge in [0.05, 0.1) is 18.8 Å². The number of aliphatic hydroxyl groups excluding tert-OH is 1. The van der Waals surface area contributed by atoms with Crippen molar-refractivity contribution in [1.82, 2.24) is 25.2 Å². The lowest BCUT2D eigenvalue weighted by atomic mass is 10.0. The van der Waals surface area contributed by atoms with Crippen LogP contribution >= 0.6 is 0 Å². The Morgan fingerprint density at radius 1 is 1.33 bits per heavy atom. The highest BCUT2D eigenvalue weighted by atomic mass is 16.3. The van der Waals surface area contributed by atoms with Gasteiger partial charge in [-0.25, -0.2) is 0 Å². The number of aromatic amines is 1. The first-order valence-electron chi connectivity index (χ1n) is 8.15. The number of hydrogen-bond acceptors (Lipinski definition) is 5. The normalized spacial score (nSPS) is 21.1. The average Bonchev–Trinajstić information content (AvgIpc) is 3.17. The van der Waals surface area contributed by atoms with Gasteiger partial charge in [-0.2, -0.15) is 15.4 Å². The molecule has 1 aliphatic rings. The zero-order chi connectivity index (χ0) is 16.9. The fourth-order valence-corrected chi connectivity index (χ4v) is 3.15. The van der Waals surface area contributed by atoms with Crippen LogP contribution < -0.4 is 0 Å². The smallest absolute Gasteiger partial charge is 0.223 e. The van der Waals surface area contributed by atoms with Crippen molar-refractivity contribution in [3.05, 3.63) is 47.8 Å². The highest BCUT2D eigenvalue weighted by Crippen LogP contribution is 2.21. The fraction of sp³-hybridized carbons (Fsp3) is 0.471. The number of benzene rings is 1. The van der Waals surface area contributed by atoms with Gasteiger partial charge in [-0.15, -0.1) is 0 Å². The molecule has 24 heavy (non-hydrogen) atoms. The van der Waals surface area contributed by atoms with E-state index in [1.54, 1.807) is 11.1 Å². The molecule has 0 unspecified atom stereocenters. The van der Waals surface area contributed by atoms with E-state index in [0.29, 0.717) is 26.1 Å². The molecule has 1 saturated heterocycles. The fourth-order valence-electron chi connectivity index (χ4n) is 3.15. The van der Waals surface area contributed by atoms with Crippen molar-refractivity contribution in [2.45, 2.75) is 25.6 Å². The molecule has 2 aromatic rings. The number of aromatic nitrogens is 3. The molecule has 0 spiro atoms. The highest BCUT2D eigenvalue weighted by Gasteiger charge is 2.32. The summed E-state index contributed by atoms with van der Waals surface area (Å²) in [5, 5.41) is 20.5. The maximum atomic E-state index is 12.8. The van der Waals surface area contributed by atoms with Crippen molar-refractivity contribution in [2.75, 3.05) is 20.1 Å². The topological polar surface area (TPSA) is 85.4 Å². The summed E-state index contributed by atoms with van der Waals surface area (Å²) in [6, 6.07) is 9.88. The van der Waals surface area contributed by atoms with Gasteiger partial charge in [0.2, 0.25) is 5.91 Å². The molecule has 3 rings (SSSR count). The van der Waals surface area contributed by atoms with Crippen LogP contribution in [0.5, 0.6) is 0 Å². The van der Waals surface area contributed by atoms with Crippen LogP contribution in [0.4, 0.5) is 0 Å². The summed E-state index contributed by atoms with van der Waals surface area (Å²) < 4.78 is 0. The van der Waals surface area contributed by atoms with E-state index in [4.69, 9.17) is 0 Å². The highest BCUT2D eigenvalue weighted by molar-refractivity contribution is 5.76. The molecule has 1 fully saturated rings. The minimum absolute atomic E-state index is 0.0157. The van der Waals surface area contributed by atoms with Gasteiger partial charge in [-0.1, -0.05) is 30.3 Å². The van der Waals surface area contributed by atoms with Crippen molar-refractivity contribution in [1.29, 1.82) is 0 Å². The largest absolute Gasteiger partial charge is 0.391 e. The molecule has 128 valence electrons. The first kappa shape index (κ1) is 16.6. The number of β-amino-alcohol motifs (C(OH)–C–C–N with tert-alkyl or cyclic N) is 1. The monoisotopic (exact) mass is 329 g/mol. The molecule has 1 aliphatic heterocycles. The molecular weight excluding hydrogens is 306 g/mol. The minimum Gasteiger partial charge on any atom is -0.391 e. The summed E-state index contributed by atoms with van der Waals surface area (Å²) in [4.78, 5) is 16.7. The summed E-state index contributed by atoms with van der Waals surface area (Å²) in [5.74, 6) is 0.0132. The number of carbonyl (C=O) groups excluding carboxylic acids is 1. The van der Waals surface area contributed by atoms with Crippen LogP contribution in [0.15, 0.2) is 36.5 Å². The van der Waals surface area contributed by atoms with E-state index in [0.717, 1.165) is 17.8 Å². The van der Waals surface area contributed by atoms with E-state index in [9.17, 15) is 9.90 Å². The van der Waals surface area contributed by atoms with Gasteiger partial charge in [0.1, 0.15) is 5.69 Å². The van der Waals surface area contributed by atoms with Gasteiger partial charge >= 0.3 is 0 Å². The number of likely N-dealkylation sites (N-methyl/N-ethyl adjacent to an activating group) is 1. The Kier molecular flexibility index (Phi) is 5.22. The molecular formula is C17H23N5O2. The predicted molar refractivity (Wildman–Crippen MR) is 88.7 cm³/mol. The number of hydrogen-bond donors (Lipinski definition) is 2. The predicted octanol–water partition coefficient (Wildman–Crippen LogP) is 0.646. The van der Waals surface area contributed by atoms with Crippen LogP contribution in [0.25, 0.3) is 0 Å². The summed E-state index contributed by atoms with van der Waals surface area (Å²) in [6.07, 6.45) is 1.53. The lowest BCUT2D eigenvalue weighted by molar-refractivity contribution is -0.134. The van der Waals surface area contributed by atoms with E-state index in [-0.39, 0.29) is 11.8 Å². The molecule has 1 aromatic carbocycles. The van der Waals surface area contributed by atoms with Crippen molar-refractivity contribution in [2.24, 2.45) is 5.92 Å². The standard InChI is InChI=1S/C17H23N5O2/c1-21-10-14(16(23)12-21)7-17(24)22(11-15-8-18-20-19-15)9-13-5-3-2-4-6-13/h2-6,8,14,16,23H,7,9-12H2,1H3,(H,18,19,20)/t14-,16-/m1/s1. The number of carbonyl (C=O) groups is 1. The number of nitrogens with one attached hydrogen (secondary N) is 1. The van der Waals surface area contributed by atoms with Gasteiger partial charge in [0.15, 0.2) is 0 Å². The van der Waals surface area contributed by atoms with E-state index >= 15 is 0 Å². The maximum Gasteiger partial charge on any atom is 0.223 e. The van der Waals surface area contributed by atoms with E-state index in [1.807, 2.05) is 37.4 Å². The van der Waals surface area contributed by atoms with E-state index < -0.39 is 6.10 Å². The van der Waals surface area contributed by atoms with Crippen LogP contribution in [0, 0.1) is 5.92 Å². The number of rotatable bonds is 6. The summed E-state index contributed by atoms with van der Waals surface area (Å²) in [5.41, 5.74) is 1.79. The minimum atomic E-state index is -0.440. The van der Waals surface area contributed by atoms with Crippen molar-refractivity contribution < 1.29 is 9.90 Å². The SMILES string of the molecule is CN1C[C@@H](CC(=O)N(Cc2ccccc2)Cc2cn[nH]n2)[C@H](O)C1. The second-order valence-corrected chi connectivity index (χ2v) is 6.45. The Morgan fingerprint density at radius 3 is 2.75 bits per heavy atom. The number of aliphatic hydroxyl groups is 1. The summed E-state index contributed by atoms with van der Waals surface area (Å²) >= 11 is 0. The van der Waals surface area contributed by atoms with Gasteiger partial charge in [0.25, 0.3) is 0 Å². The molecule has 1 aromatic heterocycles. The third-order valence-electron chi connectivity index (χ3n) is 4.41. The molecule has 7 heteroatoms. The number of nitrogens with zero attached hydrogens (tertiary/aromatic N) is 4. The van der Waals surface area contributed by atoms with E-state index in [2.05, 4.69) is 20.3 Å². The number of H-pyrrole nitrogens is 1. The van der Waals surface area contributed by atoms with Crippen LogP contribution in [0.2, 0.25) is 0 Å². The molecule has 7 nitrogen and oxygen atoms in total. The van der Waals surface area contributed by atoms with Crippen LogP contribution in [-0.4, -0.2) is 62.5 Å². The molecule has 0 bridgehead atoms. The van der Waals surface area contributed by atoms with E-state index in [1.165, 1.54) is 0 Å². The van der Waals surface area contributed by atoms with Crippen LogP contribution in [0.3, 0.4) is 0 Å². The molecule has 0 saturated carbocycles. The van der Waals surface area contributed by atoms with Crippen molar-refractivity contribution in [3.63, 3.8) is 0 Å². The van der Waals surface area contributed by atoms with Gasteiger partial charge in [-0.3, -0.25) is 4.79 Å². The Balaban J connectivity index is 1.69. The van der Waals surface area contributed by atoms with Gasteiger partial charge in [0, 0.05) is 32.0 Å². The zero-order valence-electron chi connectivity index (χ0n) is 13.8. The maximum absolute atomic E-state index is 12.8. The first-order valence-corrected chi connectivity index (χ1v) is 8.15. The van der Waals surface area contributed by atoms with Crippen LogP contribution in [-0.2, 0) is 17.9 Å². The van der Waals surface area contributed by atoms with Crippen molar-refractivity contribution in [3.8, 4) is 0 Å². The lowest BCUT2D eigenvalue weighted by Gasteiger charge is -2.24. The molecule has 2 N–H and O–H groups in total. The Bertz CT molecular complexity index is 646. The van der Waals surface area contributed by atoms with Gasteiger partial charge in [-0.05, 0) is 12.6 Å². The summed E-state index contributed by atoms with van der Waals surface area (Å²) in [7, 11) is 1.96. The Labute approximate surface area is 141 Å². The number of amides is 1. The second-order valence-electron chi connectivity index (χ2n) is 6.45. The Morgan fingerprint density at radius 2 is 2.12 bits per heavy atom. The second kappa shape index (κ2) is 7.55. The third-order valence-corrected chi connectivity index (χ3v) is 4.41.